The molecule has 0 saturated carbocycles. The number of hydrogen-bond donors (Lipinski definition) is 0. The summed E-state index contributed by atoms with van der Waals surface area (Å²) in [7, 11) is 0. The lowest BCUT2D eigenvalue weighted by Crippen LogP contribution is -1.95. The van der Waals surface area contributed by atoms with Crippen molar-refractivity contribution in [2.75, 3.05) is 0 Å². The first-order valence-electron chi connectivity index (χ1n) is 7.05. The first kappa shape index (κ1) is 13.6. The van der Waals surface area contributed by atoms with Crippen LogP contribution in [0.1, 0.15) is 5.69 Å². The fourth-order valence-electron chi connectivity index (χ4n) is 2.61. The van der Waals surface area contributed by atoms with Crippen LogP contribution in [0.2, 0.25) is 0 Å². The first-order chi connectivity index (χ1) is 11.4. The maximum atomic E-state index is 9.26. The molecule has 0 atom stereocenters. The van der Waals surface area contributed by atoms with Crippen LogP contribution in [-0.4, -0.2) is 19.4 Å². The second-order valence-electron chi connectivity index (χ2n) is 4.96. The van der Waals surface area contributed by atoms with Gasteiger partial charge in [-0.15, -0.1) is 11.3 Å². The second kappa shape index (κ2) is 5.63. The number of nitriles is 1. The van der Waals surface area contributed by atoms with Crippen LogP contribution in [-0.2, 0) is 6.42 Å². The first-order valence-corrected chi connectivity index (χ1v) is 7.93. The van der Waals surface area contributed by atoms with E-state index in [0.29, 0.717) is 6.42 Å². The summed E-state index contributed by atoms with van der Waals surface area (Å²) in [6.45, 7) is 0. The fourth-order valence-corrected chi connectivity index (χ4v) is 3.53. The Morgan fingerprint density at radius 1 is 1.09 bits per heavy atom. The van der Waals surface area contributed by atoms with E-state index in [0.717, 1.165) is 33.2 Å². The second-order valence-corrected chi connectivity index (χ2v) is 5.80. The van der Waals surface area contributed by atoms with Crippen LogP contribution in [0.3, 0.4) is 0 Å². The predicted molar refractivity (Wildman–Crippen MR) is 88.8 cm³/mol. The van der Waals surface area contributed by atoms with Crippen LogP contribution >= 0.6 is 11.3 Å². The lowest BCUT2D eigenvalue weighted by atomic mass is 10.1. The molecule has 4 aromatic heterocycles. The molecule has 0 aromatic carbocycles. The van der Waals surface area contributed by atoms with Gasteiger partial charge in [-0.3, -0.25) is 14.4 Å². The quantitative estimate of drug-likeness (QED) is 0.579. The number of aromatic nitrogens is 4. The third-order valence-electron chi connectivity index (χ3n) is 3.62. The summed E-state index contributed by atoms with van der Waals surface area (Å²) in [5.74, 6) is 0. The molecule has 6 heteroatoms. The van der Waals surface area contributed by atoms with Crippen molar-refractivity contribution >= 4 is 16.3 Å². The van der Waals surface area contributed by atoms with E-state index in [4.69, 9.17) is 4.98 Å². The molecule has 4 rings (SSSR count). The summed E-state index contributed by atoms with van der Waals surface area (Å²) in [5.41, 5.74) is 4.73. The molecule has 5 nitrogen and oxygen atoms in total. The lowest BCUT2D eigenvalue weighted by molar-refractivity contribution is 1.08. The summed E-state index contributed by atoms with van der Waals surface area (Å²) < 4.78 is 2.06. The molecular weight excluding hydrogens is 306 g/mol. The van der Waals surface area contributed by atoms with E-state index in [-0.39, 0.29) is 0 Å². The smallest absolute Gasteiger partial charge is 0.194 e. The van der Waals surface area contributed by atoms with E-state index >= 15 is 0 Å². The fraction of sp³-hybridized carbons (Fsp3) is 0.0588. The molecule has 4 aromatic rings. The van der Waals surface area contributed by atoms with E-state index in [9.17, 15) is 5.26 Å². The average molecular weight is 317 g/mol. The summed E-state index contributed by atoms with van der Waals surface area (Å²) in [4.78, 5) is 13.8. The monoisotopic (exact) mass is 317 g/mol. The Kier molecular flexibility index (Phi) is 3.33. The van der Waals surface area contributed by atoms with Gasteiger partial charge in [0.2, 0.25) is 0 Å². The summed E-state index contributed by atoms with van der Waals surface area (Å²) >= 11 is 1.56. The largest absolute Gasteiger partial charge is 0.285 e. The lowest BCUT2D eigenvalue weighted by Gasteiger charge is -2.04. The molecule has 0 fully saturated rings. The Morgan fingerprint density at radius 3 is 2.70 bits per heavy atom. The number of fused-ring (bicyclic) bond motifs is 1. The van der Waals surface area contributed by atoms with Gasteiger partial charge in [0.1, 0.15) is 0 Å². The van der Waals surface area contributed by atoms with Gasteiger partial charge in [0.15, 0.2) is 4.96 Å². The average Bonchev–Trinajstić information content (AvgIpc) is 3.17. The standard InChI is InChI=1S/C17H11N5S/c18-6-3-14-16(12-4-8-19-9-5-12)21-17-22(14)15(11-23-17)13-2-1-7-20-10-13/h1-2,4-5,7-11H,3H2. The molecule has 0 N–H and O–H groups in total. The highest BCUT2D eigenvalue weighted by Gasteiger charge is 2.18. The van der Waals surface area contributed by atoms with E-state index in [2.05, 4.69) is 25.8 Å². The highest BCUT2D eigenvalue weighted by atomic mass is 32.1. The topological polar surface area (TPSA) is 66.9 Å². The Morgan fingerprint density at radius 2 is 1.96 bits per heavy atom. The zero-order valence-corrected chi connectivity index (χ0v) is 12.9. The molecule has 0 radical (unpaired) electrons. The van der Waals surface area contributed by atoms with Crippen molar-refractivity contribution in [1.29, 1.82) is 5.26 Å². The molecular formula is C17H11N5S. The summed E-state index contributed by atoms with van der Waals surface area (Å²) in [6.07, 6.45) is 7.34. The van der Waals surface area contributed by atoms with Gasteiger partial charge >= 0.3 is 0 Å². The molecule has 0 saturated heterocycles. The number of imidazole rings is 1. The van der Waals surface area contributed by atoms with Gasteiger partial charge in [0.05, 0.1) is 29.6 Å². The number of thiazole rings is 1. The molecule has 4 heterocycles. The van der Waals surface area contributed by atoms with Crippen molar-refractivity contribution in [3.05, 3.63) is 60.1 Å². The summed E-state index contributed by atoms with van der Waals surface area (Å²) in [5, 5.41) is 11.3. The Hall–Kier alpha value is -3.04. The van der Waals surface area contributed by atoms with Crippen molar-refractivity contribution in [2.45, 2.75) is 6.42 Å². The van der Waals surface area contributed by atoms with Crippen molar-refractivity contribution in [3.8, 4) is 28.6 Å². The molecule has 0 spiro atoms. The van der Waals surface area contributed by atoms with E-state index in [1.807, 2.05) is 30.5 Å². The molecule has 110 valence electrons. The zero-order valence-electron chi connectivity index (χ0n) is 12.0. The van der Waals surface area contributed by atoms with E-state index in [1.54, 1.807) is 29.9 Å². The van der Waals surface area contributed by atoms with Gasteiger partial charge in [0, 0.05) is 41.3 Å². The number of nitrogens with zero attached hydrogens (tertiary/aromatic N) is 5. The summed E-state index contributed by atoms with van der Waals surface area (Å²) in [6, 6.07) is 10.00. The molecule has 0 amide bonds. The third kappa shape index (κ3) is 2.28. The maximum absolute atomic E-state index is 9.26. The van der Waals surface area contributed by atoms with Crippen LogP contribution in [0, 0.1) is 11.3 Å². The van der Waals surface area contributed by atoms with Crippen molar-refractivity contribution in [3.63, 3.8) is 0 Å². The Bertz CT molecular complexity index is 996. The highest BCUT2D eigenvalue weighted by molar-refractivity contribution is 7.15. The number of pyridine rings is 2. The van der Waals surface area contributed by atoms with Gasteiger partial charge in [-0.05, 0) is 24.3 Å². The predicted octanol–water partition coefficient (Wildman–Crippen LogP) is 3.59. The molecule has 0 unspecified atom stereocenters. The van der Waals surface area contributed by atoms with Crippen molar-refractivity contribution < 1.29 is 0 Å². The number of hydrogen-bond acceptors (Lipinski definition) is 5. The van der Waals surface area contributed by atoms with Gasteiger partial charge in [-0.2, -0.15) is 5.26 Å². The number of rotatable bonds is 3. The Balaban J connectivity index is 1.99. The maximum Gasteiger partial charge on any atom is 0.194 e. The van der Waals surface area contributed by atoms with E-state index in [1.165, 1.54) is 0 Å². The van der Waals surface area contributed by atoms with E-state index < -0.39 is 0 Å². The normalized spacial score (nSPS) is 10.7. The van der Waals surface area contributed by atoms with Crippen LogP contribution in [0.4, 0.5) is 0 Å². The minimum atomic E-state index is 0.294. The SMILES string of the molecule is N#CCc1c(-c2ccncc2)nc2scc(-c3cccnc3)n12. The zero-order chi connectivity index (χ0) is 15.6. The third-order valence-corrected chi connectivity index (χ3v) is 4.44. The highest BCUT2D eigenvalue weighted by Crippen LogP contribution is 2.32. The minimum absolute atomic E-state index is 0.294. The van der Waals surface area contributed by atoms with Crippen LogP contribution < -0.4 is 0 Å². The van der Waals surface area contributed by atoms with Gasteiger partial charge in [0.25, 0.3) is 0 Å². The molecule has 0 aliphatic heterocycles. The molecule has 0 aliphatic carbocycles. The van der Waals surface area contributed by atoms with Crippen LogP contribution in [0.25, 0.3) is 27.5 Å². The molecule has 23 heavy (non-hydrogen) atoms. The van der Waals surface area contributed by atoms with Crippen LogP contribution in [0.5, 0.6) is 0 Å². The molecule has 0 bridgehead atoms. The van der Waals surface area contributed by atoms with Gasteiger partial charge in [-0.25, -0.2) is 4.98 Å². The minimum Gasteiger partial charge on any atom is -0.285 e. The van der Waals surface area contributed by atoms with Crippen LogP contribution in [0.15, 0.2) is 54.4 Å². The molecule has 0 aliphatic rings. The van der Waals surface area contributed by atoms with Crippen molar-refractivity contribution in [2.24, 2.45) is 0 Å². The van der Waals surface area contributed by atoms with Gasteiger partial charge < -0.3 is 0 Å². The Labute approximate surface area is 136 Å². The van der Waals surface area contributed by atoms with Crippen molar-refractivity contribution in [1.82, 2.24) is 19.4 Å². The van der Waals surface area contributed by atoms with Gasteiger partial charge in [-0.1, -0.05) is 0 Å².